The zero-order valence-electron chi connectivity index (χ0n) is 12.2. The van der Waals surface area contributed by atoms with Gasteiger partial charge in [0.2, 0.25) is 5.91 Å². The lowest BCUT2D eigenvalue weighted by Gasteiger charge is -2.13. The third-order valence-electron chi connectivity index (χ3n) is 2.94. The highest BCUT2D eigenvalue weighted by atomic mass is 16.2. The molecule has 0 aliphatic rings. The third kappa shape index (κ3) is 3.78. The molecule has 1 atom stereocenters. The first-order valence-electron chi connectivity index (χ1n) is 6.70. The van der Waals surface area contributed by atoms with Gasteiger partial charge in [-0.2, -0.15) is 0 Å². The molecule has 22 heavy (non-hydrogen) atoms. The van der Waals surface area contributed by atoms with E-state index in [0.29, 0.717) is 5.52 Å². The van der Waals surface area contributed by atoms with Gasteiger partial charge in [0.1, 0.15) is 11.7 Å². The predicted molar refractivity (Wildman–Crippen MR) is 80.6 cm³/mol. The lowest BCUT2D eigenvalue weighted by molar-refractivity contribution is -0.128. The number of benzene rings is 1. The normalized spacial score (nSPS) is 11.5. The SMILES string of the molecule is CC(=O)NC(C)C(=O)NNC(=O)c1ccc2ccccc2n1. The van der Waals surface area contributed by atoms with Gasteiger partial charge in [0.05, 0.1) is 5.52 Å². The summed E-state index contributed by atoms with van der Waals surface area (Å²) in [6.45, 7) is 2.82. The Labute approximate surface area is 127 Å². The molecule has 1 heterocycles. The second-order valence-corrected chi connectivity index (χ2v) is 4.75. The van der Waals surface area contributed by atoms with E-state index in [9.17, 15) is 14.4 Å². The maximum absolute atomic E-state index is 12.0. The van der Waals surface area contributed by atoms with Crippen LogP contribution in [0.25, 0.3) is 10.9 Å². The minimum absolute atomic E-state index is 0.186. The number of hydrogen-bond donors (Lipinski definition) is 3. The Balaban J connectivity index is 1.99. The van der Waals surface area contributed by atoms with Gasteiger partial charge in [0.25, 0.3) is 11.8 Å². The van der Waals surface area contributed by atoms with E-state index in [-0.39, 0.29) is 11.6 Å². The van der Waals surface area contributed by atoms with Crippen LogP contribution in [-0.2, 0) is 9.59 Å². The summed E-state index contributed by atoms with van der Waals surface area (Å²) in [5, 5.41) is 3.33. The smallest absolute Gasteiger partial charge is 0.288 e. The summed E-state index contributed by atoms with van der Waals surface area (Å²) in [6, 6.07) is 9.99. The van der Waals surface area contributed by atoms with E-state index in [2.05, 4.69) is 21.2 Å². The van der Waals surface area contributed by atoms with Crippen molar-refractivity contribution in [3.05, 3.63) is 42.1 Å². The number of aromatic nitrogens is 1. The first-order valence-corrected chi connectivity index (χ1v) is 6.70. The van der Waals surface area contributed by atoms with Crippen LogP contribution in [0, 0.1) is 0 Å². The molecule has 3 N–H and O–H groups in total. The third-order valence-corrected chi connectivity index (χ3v) is 2.94. The highest BCUT2D eigenvalue weighted by molar-refractivity contribution is 5.96. The van der Waals surface area contributed by atoms with E-state index in [4.69, 9.17) is 0 Å². The minimum atomic E-state index is -0.748. The monoisotopic (exact) mass is 300 g/mol. The summed E-state index contributed by atoms with van der Waals surface area (Å²) in [4.78, 5) is 38.7. The largest absolute Gasteiger partial charge is 0.345 e. The molecular weight excluding hydrogens is 284 g/mol. The minimum Gasteiger partial charge on any atom is -0.345 e. The van der Waals surface area contributed by atoms with Crippen molar-refractivity contribution in [2.45, 2.75) is 19.9 Å². The first-order chi connectivity index (χ1) is 10.5. The fourth-order valence-electron chi connectivity index (χ4n) is 1.85. The van der Waals surface area contributed by atoms with Crippen molar-refractivity contribution in [1.82, 2.24) is 21.2 Å². The fourth-order valence-corrected chi connectivity index (χ4v) is 1.85. The van der Waals surface area contributed by atoms with Crippen molar-refractivity contribution in [2.24, 2.45) is 0 Å². The van der Waals surface area contributed by atoms with Crippen LogP contribution in [-0.4, -0.2) is 28.7 Å². The number of para-hydroxylation sites is 1. The van der Waals surface area contributed by atoms with Crippen LogP contribution >= 0.6 is 0 Å². The molecule has 2 aromatic rings. The number of carbonyl (C=O) groups excluding carboxylic acids is 3. The van der Waals surface area contributed by atoms with Gasteiger partial charge in [-0.05, 0) is 19.1 Å². The van der Waals surface area contributed by atoms with Gasteiger partial charge in [-0.1, -0.05) is 24.3 Å². The zero-order chi connectivity index (χ0) is 16.1. The summed E-state index contributed by atoms with van der Waals surface area (Å²) >= 11 is 0. The quantitative estimate of drug-likeness (QED) is 0.719. The molecule has 7 heteroatoms. The molecule has 0 aliphatic carbocycles. The van der Waals surface area contributed by atoms with Crippen molar-refractivity contribution in [2.75, 3.05) is 0 Å². The van der Waals surface area contributed by atoms with E-state index < -0.39 is 17.9 Å². The van der Waals surface area contributed by atoms with E-state index in [0.717, 1.165) is 5.39 Å². The molecule has 0 bridgehead atoms. The molecule has 1 unspecified atom stereocenters. The number of pyridine rings is 1. The van der Waals surface area contributed by atoms with Gasteiger partial charge in [-0.25, -0.2) is 4.98 Å². The summed E-state index contributed by atoms with van der Waals surface area (Å²) in [5.41, 5.74) is 5.38. The molecule has 0 fully saturated rings. The Kier molecular flexibility index (Phi) is 4.67. The zero-order valence-corrected chi connectivity index (χ0v) is 12.2. The average molecular weight is 300 g/mol. The van der Waals surface area contributed by atoms with Crippen LogP contribution in [0.1, 0.15) is 24.3 Å². The van der Waals surface area contributed by atoms with Crippen molar-refractivity contribution < 1.29 is 14.4 Å². The second kappa shape index (κ2) is 6.66. The maximum Gasteiger partial charge on any atom is 0.288 e. The summed E-state index contributed by atoms with van der Waals surface area (Å²) in [6.07, 6.45) is 0. The first kappa shape index (κ1) is 15.4. The number of amides is 3. The van der Waals surface area contributed by atoms with Crippen molar-refractivity contribution in [3.8, 4) is 0 Å². The lowest BCUT2D eigenvalue weighted by atomic mass is 10.2. The summed E-state index contributed by atoms with van der Waals surface area (Å²) in [5.74, 6) is -1.39. The van der Waals surface area contributed by atoms with Crippen LogP contribution in [0.15, 0.2) is 36.4 Å². The molecule has 3 amide bonds. The van der Waals surface area contributed by atoms with Crippen LogP contribution < -0.4 is 16.2 Å². The Morgan fingerprint density at radius 1 is 1.05 bits per heavy atom. The van der Waals surface area contributed by atoms with Gasteiger partial charge >= 0.3 is 0 Å². The Bertz CT molecular complexity index is 730. The number of nitrogens with zero attached hydrogens (tertiary/aromatic N) is 1. The van der Waals surface area contributed by atoms with Crippen LogP contribution in [0.5, 0.6) is 0 Å². The molecule has 114 valence electrons. The number of hydrogen-bond acceptors (Lipinski definition) is 4. The highest BCUT2D eigenvalue weighted by Gasteiger charge is 2.15. The van der Waals surface area contributed by atoms with Crippen LogP contribution in [0.3, 0.4) is 0 Å². The molecule has 1 aromatic carbocycles. The molecule has 0 saturated heterocycles. The van der Waals surface area contributed by atoms with Gasteiger partial charge in [-0.3, -0.25) is 25.2 Å². The number of rotatable bonds is 3. The average Bonchev–Trinajstić information content (AvgIpc) is 2.51. The topological polar surface area (TPSA) is 100 Å². The summed E-state index contributed by atoms with van der Waals surface area (Å²) in [7, 11) is 0. The molecular formula is C15H16N4O3. The molecule has 0 aliphatic heterocycles. The number of nitrogens with one attached hydrogen (secondary N) is 3. The number of carbonyl (C=O) groups is 3. The molecule has 0 radical (unpaired) electrons. The van der Waals surface area contributed by atoms with E-state index >= 15 is 0 Å². The summed E-state index contributed by atoms with van der Waals surface area (Å²) < 4.78 is 0. The van der Waals surface area contributed by atoms with Crippen molar-refractivity contribution in [3.63, 3.8) is 0 Å². The van der Waals surface area contributed by atoms with E-state index in [1.807, 2.05) is 18.2 Å². The second-order valence-electron chi connectivity index (χ2n) is 4.75. The van der Waals surface area contributed by atoms with E-state index in [1.54, 1.807) is 18.2 Å². The standard InChI is InChI=1S/C15H16N4O3/c1-9(16-10(2)20)14(21)18-19-15(22)13-8-7-11-5-3-4-6-12(11)17-13/h3-9H,1-2H3,(H,16,20)(H,18,21)(H,19,22). The maximum atomic E-state index is 12.0. The highest BCUT2D eigenvalue weighted by Crippen LogP contribution is 2.11. The van der Waals surface area contributed by atoms with Gasteiger partial charge in [-0.15, -0.1) is 0 Å². The van der Waals surface area contributed by atoms with E-state index in [1.165, 1.54) is 13.8 Å². The number of fused-ring (bicyclic) bond motifs is 1. The van der Waals surface area contributed by atoms with Gasteiger partial charge in [0, 0.05) is 12.3 Å². The van der Waals surface area contributed by atoms with Crippen molar-refractivity contribution >= 4 is 28.6 Å². The van der Waals surface area contributed by atoms with Crippen LogP contribution in [0.4, 0.5) is 0 Å². The Morgan fingerprint density at radius 2 is 1.77 bits per heavy atom. The Morgan fingerprint density at radius 3 is 2.50 bits per heavy atom. The molecule has 7 nitrogen and oxygen atoms in total. The van der Waals surface area contributed by atoms with Gasteiger partial charge < -0.3 is 5.32 Å². The molecule has 0 saturated carbocycles. The number of hydrazine groups is 1. The van der Waals surface area contributed by atoms with Gasteiger partial charge in [0.15, 0.2) is 0 Å². The fraction of sp³-hybridized carbons (Fsp3) is 0.200. The molecule has 1 aromatic heterocycles. The van der Waals surface area contributed by atoms with Crippen LogP contribution in [0.2, 0.25) is 0 Å². The van der Waals surface area contributed by atoms with Crippen molar-refractivity contribution in [1.29, 1.82) is 0 Å². The Hall–Kier alpha value is -2.96. The predicted octanol–water partition coefficient (Wildman–Crippen LogP) is 0.520. The molecule has 2 rings (SSSR count). The lowest BCUT2D eigenvalue weighted by Crippen LogP contribution is -2.50. The molecule has 0 spiro atoms.